The zero-order valence-corrected chi connectivity index (χ0v) is 15.1. The molecule has 6 heteroatoms. The van der Waals surface area contributed by atoms with Crippen molar-refractivity contribution in [2.75, 3.05) is 34.0 Å². The molecule has 0 aliphatic carbocycles. The average Bonchev–Trinajstić information content (AvgIpc) is 2.42. The second kappa shape index (κ2) is 7.44. The smallest absolute Gasteiger partial charge is 0.265 e. The maximum atomic E-state index is 11.9. The van der Waals surface area contributed by atoms with Crippen molar-refractivity contribution in [1.29, 1.82) is 0 Å². The highest BCUT2D eigenvalue weighted by atomic mass is 32.2. The summed E-state index contributed by atoms with van der Waals surface area (Å²) in [5, 5.41) is 0. The minimum Gasteiger partial charge on any atom is -0.497 e. The standard InChI is InChI=1S/C16H27NO4S/c1-13(2)16(10-11-17(3)4,21-22(6,18)19)14-8-7-9-15(12-14)20-5/h7-9,12-13H,10-11H2,1-6H3/t16-/m1/s1. The van der Waals surface area contributed by atoms with E-state index in [1.54, 1.807) is 7.11 Å². The van der Waals surface area contributed by atoms with Crippen LogP contribution >= 0.6 is 0 Å². The maximum Gasteiger partial charge on any atom is 0.265 e. The summed E-state index contributed by atoms with van der Waals surface area (Å²) >= 11 is 0. The van der Waals surface area contributed by atoms with Crippen molar-refractivity contribution in [2.45, 2.75) is 25.9 Å². The highest BCUT2D eigenvalue weighted by molar-refractivity contribution is 7.86. The summed E-state index contributed by atoms with van der Waals surface area (Å²) in [5.74, 6) is 0.666. The normalized spacial score (nSPS) is 15.1. The zero-order chi connectivity index (χ0) is 17.0. The summed E-state index contributed by atoms with van der Waals surface area (Å²) in [6.45, 7) is 4.66. The van der Waals surface area contributed by atoms with Crippen molar-refractivity contribution in [3.63, 3.8) is 0 Å². The van der Waals surface area contributed by atoms with Gasteiger partial charge in [-0.05, 0) is 44.1 Å². The highest BCUT2D eigenvalue weighted by Crippen LogP contribution is 2.39. The van der Waals surface area contributed by atoms with Gasteiger partial charge in [0, 0.05) is 6.54 Å². The summed E-state index contributed by atoms with van der Waals surface area (Å²) in [6.07, 6.45) is 1.66. The molecule has 0 N–H and O–H groups in total. The van der Waals surface area contributed by atoms with E-state index >= 15 is 0 Å². The second-order valence-electron chi connectivity index (χ2n) is 6.12. The Labute approximate surface area is 134 Å². The molecule has 0 aromatic heterocycles. The van der Waals surface area contributed by atoms with Crippen LogP contribution in [0.3, 0.4) is 0 Å². The van der Waals surface area contributed by atoms with Crippen molar-refractivity contribution < 1.29 is 17.3 Å². The van der Waals surface area contributed by atoms with E-state index in [2.05, 4.69) is 0 Å². The molecule has 1 aromatic rings. The molecule has 126 valence electrons. The fourth-order valence-corrected chi connectivity index (χ4v) is 3.41. The van der Waals surface area contributed by atoms with E-state index in [0.717, 1.165) is 11.8 Å². The van der Waals surface area contributed by atoms with Gasteiger partial charge in [0.15, 0.2) is 0 Å². The molecule has 0 heterocycles. The molecule has 1 rings (SSSR count). The molecule has 0 saturated heterocycles. The lowest BCUT2D eigenvalue weighted by atomic mass is 9.80. The lowest BCUT2D eigenvalue weighted by molar-refractivity contribution is 0.0105. The number of ether oxygens (including phenoxy) is 1. The van der Waals surface area contributed by atoms with Gasteiger partial charge in [0.25, 0.3) is 10.1 Å². The van der Waals surface area contributed by atoms with Crippen LogP contribution in [-0.2, 0) is 19.9 Å². The first kappa shape index (κ1) is 18.9. The van der Waals surface area contributed by atoms with Gasteiger partial charge in [-0.1, -0.05) is 26.0 Å². The summed E-state index contributed by atoms with van der Waals surface area (Å²) in [5.41, 5.74) is -0.0963. The molecule has 0 amide bonds. The van der Waals surface area contributed by atoms with Crippen LogP contribution in [0.25, 0.3) is 0 Å². The Kier molecular flexibility index (Phi) is 6.40. The van der Waals surface area contributed by atoms with Crippen molar-refractivity contribution in [3.05, 3.63) is 29.8 Å². The molecule has 1 aromatic carbocycles. The van der Waals surface area contributed by atoms with Gasteiger partial charge in [0.05, 0.1) is 13.4 Å². The molecule has 0 saturated carbocycles. The Morgan fingerprint density at radius 3 is 2.36 bits per heavy atom. The summed E-state index contributed by atoms with van der Waals surface area (Å²) < 4.78 is 34.6. The summed E-state index contributed by atoms with van der Waals surface area (Å²) in [6, 6.07) is 7.43. The van der Waals surface area contributed by atoms with Gasteiger partial charge in [0.2, 0.25) is 0 Å². The molecule has 0 unspecified atom stereocenters. The van der Waals surface area contributed by atoms with Crippen molar-refractivity contribution in [2.24, 2.45) is 5.92 Å². The summed E-state index contributed by atoms with van der Waals surface area (Å²) in [7, 11) is 1.90. The van der Waals surface area contributed by atoms with Crippen LogP contribution in [0.4, 0.5) is 0 Å². The number of hydrogen-bond acceptors (Lipinski definition) is 5. The number of hydrogen-bond donors (Lipinski definition) is 0. The predicted molar refractivity (Wildman–Crippen MR) is 88.6 cm³/mol. The van der Waals surface area contributed by atoms with Gasteiger partial charge in [-0.25, -0.2) is 0 Å². The zero-order valence-electron chi connectivity index (χ0n) is 14.3. The van der Waals surface area contributed by atoms with Gasteiger partial charge in [0.1, 0.15) is 11.4 Å². The van der Waals surface area contributed by atoms with Gasteiger partial charge in [-0.3, -0.25) is 4.18 Å². The Hall–Kier alpha value is -1.11. The minimum absolute atomic E-state index is 0.0192. The first-order chi connectivity index (χ1) is 10.1. The molecule has 5 nitrogen and oxygen atoms in total. The van der Waals surface area contributed by atoms with E-state index in [0.29, 0.717) is 18.7 Å². The SMILES string of the molecule is COc1cccc([C@](CCN(C)C)(OS(C)(=O)=O)C(C)C)c1. The van der Waals surface area contributed by atoms with Crippen molar-refractivity contribution >= 4 is 10.1 Å². The summed E-state index contributed by atoms with van der Waals surface area (Å²) in [4.78, 5) is 2.02. The van der Waals surface area contributed by atoms with Crippen LogP contribution < -0.4 is 4.74 Å². The molecule has 0 fully saturated rings. The molecule has 0 aliphatic heterocycles. The number of benzene rings is 1. The first-order valence-corrected chi connectivity index (χ1v) is 9.12. The monoisotopic (exact) mass is 329 g/mol. The van der Waals surface area contributed by atoms with Gasteiger partial charge < -0.3 is 9.64 Å². The van der Waals surface area contributed by atoms with Gasteiger partial charge in [-0.15, -0.1) is 0 Å². The van der Waals surface area contributed by atoms with E-state index in [-0.39, 0.29) is 5.92 Å². The number of nitrogens with zero attached hydrogens (tertiary/aromatic N) is 1. The van der Waals surface area contributed by atoms with E-state index in [9.17, 15) is 8.42 Å². The topological polar surface area (TPSA) is 55.8 Å². The molecule has 0 spiro atoms. The molecule has 1 atom stereocenters. The third kappa shape index (κ3) is 4.97. The Balaban J connectivity index is 3.38. The quantitative estimate of drug-likeness (QED) is 0.686. The fourth-order valence-electron chi connectivity index (χ4n) is 2.50. The minimum atomic E-state index is -3.60. The molecular weight excluding hydrogens is 302 g/mol. The first-order valence-electron chi connectivity index (χ1n) is 7.30. The third-order valence-electron chi connectivity index (χ3n) is 3.72. The molecular formula is C16H27NO4S. The second-order valence-corrected chi connectivity index (χ2v) is 7.69. The van der Waals surface area contributed by atoms with Crippen LogP contribution in [0, 0.1) is 5.92 Å². The van der Waals surface area contributed by atoms with Crippen molar-refractivity contribution in [3.8, 4) is 5.75 Å². The highest BCUT2D eigenvalue weighted by Gasteiger charge is 2.40. The molecule has 0 bridgehead atoms. The van der Waals surface area contributed by atoms with Crippen LogP contribution in [-0.4, -0.2) is 47.3 Å². The predicted octanol–water partition coefficient (Wildman–Crippen LogP) is 2.47. The van der Waals surface area contributed by atoms with E-state index in [4.69, 9.17) is 8.92 Å². The lowest BCUT2D eigenvalue weighted by Crippen LogP contribution is -2.40. The third-order valence-corrected chi connectivity index (χ3v) is 4.32. The largest absolute Gasteiger partial charge is 0.497 e. The van der Waals surface area contributed by atoms with E-state index in [1.807, 2.05) is 57.1 Å². The van der Waals surface area contributed by atoms with E-state index < -0.39 is 15.7 Å². The van der Waals surface area contributed by atoms with Crippen LogP contribution in [0.5, 0.6) is 5.75 Å². The Morgan fingerprint density at radius 2 is 1.91 bits per heavy atom. The van der Waals surface area contributed by atoms with Crippen LogP contribution in [0.1, 0.15) is 25.8 Å². The van der Waals surface area contributed by atoms with E-state index in [1.165, 1.54) is 0 Å². The maximum absolute atomic E-state index is 11.9. The molecule has 0 aliphatic rings. The lowest BCUT2D eigenvalue weighted by Gasteiger charge is -2.37. The number of methoxy groups -OCH3 is 1. The van der Waals surface area contributed by atoms with Crippen LogP contribution in [0.15, 0.2) is 24.3 Å². The average molecular weight is 329 g/mol. The Morgan fingerprint density at radius 1 is 1.27 bits per heavy atom. The van der Waals surface area contributed by atoms with Crippen molar-refractivity contribution in [1.82, 2.24) is 4.90 Å². The Bertz CT molecular complexity index is 584. The van der Waals surface area contributed by atoms with Gasteiger partial charge in [-0.2, -0.15) is 8.42 Å². The van der Waals surface area contributed by atoms with Gasteiger partial charge >= 0.3 is 0 Å². The molecule has 22 heavy (non-hydrogen) atoms. The number of rotatable bonds is 8. The molecule has 0 radical (unpaired) electrons. The fraction of sp³-hybridized carbons (Fsp3) is 0.625. The van der Waals surface area contributed by atoms with Crippen LogP contribution in [0.2, 0.25) is 0 Å².